The molecule has 1 rings (SSSR count). The van der Waals surface area contributed by atoms with Gasteiger partial charge in [0.1, 0.15) is 0 Å². The summed E-state index contributed by atoms with van der Waals surface area (Å²) in [5.41, 5.74) is 0. The van der Waals surface area contributed by atoms with E-state index < -0.39 is 0 Å². The summed E-state index contributed by atoms with van der Waals surface area (Å²) >= 11 is 0. The van der Waals surface area contributed by atoms with E-state index >= 15 is 0 Å². The largest absolute Gasteiger partial charge is 0.449 e. The van der Waals surface area contributed by atoms with E-state index in [2.05, 4.69) is 12.2 Å². The topological polar surface area (TPSA) is 38.3 Å². The van der Waals surface area contributed by atoms with Gasteiger partial charge in [0, 0.05) is 6.54 Å². The molecule has 0 aromatic heterocycles. The molecule has 1 fully saturated rings. The molecule has 0 aromatic rings. The first-order valence-corrected chi connectivity index (χ1v) is 7.23. The lowest BCUT2D eigenvalue weighted by Crippen LogP contribution is -2.27. The molecule has 0 radical (unpaired) electrons. The number of ether oxygens (including phenoxy) is 1. The number of nitrogens with one attached hydrogen (secondary N) is 1. The maximum atomic E-state index is 11.4. The Hall–Kier alpha value is -0.730. The molecule has 1 saturated carbocycles. The predicted octanol–water partition coefficient (Wildman–Crippen LogP) is 3.87. The molecular weight excluding hydrogens is 214 g/mol. The van der Waals surface area contributed by atoms with Gasteiger partial charge in [-0.2, -0.15) is 0 Å². The van der Waals surface area contributed by atoms with Crippen LogP contribution in [0, 0.1) is 5.92 Å². The van der Waals surface area contributed by atoms with Crippen molar-refractivity contribution in [3.63, 3.8) is 0 Å². The Kier molecular flexibility index (Phi) is 7.85. The normalized spacial score (nSPS) is 16.8. The van der Waals surface area contributed by atoms with Crippen LogP contribution in [0.1, 0.15) is 64.7 Å². The molecule has 0 spiro atoms. The fraction of sp³-hybridized carbons (Fsp3) is 0.929. The van der Waals surface area contributed by atoms with Gasteiger partial charge in [0.15, 0.2) is 0 Å². The number of rotatable bonds is 7. The van der Waals surface area contributed by atoms with E-state index in [1.165, 1.54) is 51.4 Å². The van der Waals surface area contributed by atoms with Crippen LogP contribution in [-0.4, -0.2) is 19.2 Å². The van der Waals surface area contributed by atoms with Crippen molar-refractivity contribution < 1.29 is 9.53 Å². The zero-order valence-corrected chi connectivity index (χ0v) is 11.2. The highest BCUT2D eigenvalue weighted by Gasteiger charge is 2.15. The molecule has 0 atom stereocenters. The summed E-state index contributed by atoms with van der Waals surface area (Å²) in [6.45, 7) is 3.55. The van der Waals surface area contributed by atoms with Crippen LogP contribution >= 0.6 is 0 Å². The summed E-state index contributed by atoms with van der Waals surface area (Å²) in [7, 11) is 0. The van der Waals surface area contributed by atoms with Crippen molar-refractivity contribution in [1.29, 1.82) is 0 Å². The monoisotopic (exact) mass is 241 g/mol. The van der Waals surface area contributed by atoms with Gasteiger partial charge in [-0.05, 0) is 25.2 Å². The standard InChI is InChI=1S/C14H27NO2/c1-2-3-4-8-11-15-14(16)17-12-13-9-6-5-7-10-13/h13H,2-12H2,1H3,(H,15,16). The maximum absolute atomic E-state index is 11.4. The Morgan fingerprint density at radius 1 is 1.18 bits per heavy atom. The first kappa shape index (κ1) is 14.3. The van der Waals surface area contributed by atoms with Crippen LogP contribution in [0.5, 0.6) is 0 Å². The van der Waals surface area contributed by atoms with Crippen LogP contribution in [-0.2, 0) is 4.74 Å². The Morgan fingerprint density at radius 2 is 1.94 bits per heavy atom. The molecule has 0 aliphatic heterocycles. The molecule has 100 valence electrons. The van der Waals surface area contributed by atoms with Crippen LogP contribution in [0.25, 0.3) is 0 Å². The Morgan fingerprint density at radius 3 is 2.65 bits per heavy atom. The number of hydrogen-bond acceptors (Lipinski definition) is 2. The minimum absolute atomic E-state index is 0.230. The van der Waals surface area contributed by atoms with Crippen molar-refractivity contribution in [3.05, 3.63) is 0 Å². The van der Waals surface area contributed by atoms with E-state index in [4.69, 9.17) is 4.74 Å². The third-order valence-electron chi connectivity index (χ3n) is 3.47. The summed E-state index contributed by atoms with van der Waals surface area (Å²) in [6.07, 6.45) is 10.9. The lowest BCUT2D eigenvalue weighted by molar-refractivity contribution is 0.116. The molecular formula is C14H27NO2. The smallest absolute Gasteiger partial charge is 0.407 e. The molecule has 0 unspecified atom stereocenters. The minimum Gasteiger partial charge on any atom is -0.449 e. The van der Waals surface area contributed by atoms with E-state index in [1.54, 1.807) is 0 Å². The molecule has 0 bridgehead atoms. The fourth-order valence-electron chi connectivity index (χ4n) is 2.34. The van der Waals surface area contributed by atoms with Crippen LogP contribution < -0.4 is 5.32 Å². The second-order valence-electron chi connectivity index (χ2n) is 5.09. The van der Waals surface area contributed by atoms with Gasteiger partial charge in [-0.15, -0.1) is 0 Å². The number of carbonyl (C=O) groups excluding carboxylic acids is 1. The van der Waals surface area contributed by atoms with E-state index in [1.807, 2.05) is 0 Å². The number of amides is 1. The zero-order chi connectivity index (χ0) is 12.3. The van der Waals surface area contributed by atoms with Gasteiger partial charge in [0.25, 0.3) is 0 Å². The highest BCUT2D eigenvalue weighted by molar-refractivity contribution is 5.66. The van der Waals surface area contributed by atoms with Gasteiger partial charge in [0.05, 0.1) is 6.61 Å². The molecule has 17 heavy (non-hydrogen) atoms. The first-order valence-electron chi connectivity index (χ1n) is 7.23. The quantitative estimate of drug-likeness (QED) is 0.687. The van der Waals surface area contributed by atoms with E-state index in [9.17, 15) is 4.79 Å². The first-order chi connectivity index (χ1) is 8.33. The summed E-state index contributed by atoms with van der Waals surface area (Å²) in [5, 5.41) is 2.82. The van der Waals surface area contributed by atoms with Gasteiger partial charge in [-0.25, -0.2) is 4.79 Å². The molecule has 0 heterocycles. The fourth-order valence-corrected chi connectivity index (χ4v) is 2.34. The van der Waals surface area contributed by atoms with E-state index in [0.29, 0.717) is 12.5 Å². The summed E-state index contributed by atoms with van der Waals surface area (Å²) < 4.78 is 5.24. The van der Waals surface area contributed by atoms with Crippen LogP contribution in [0.15, 0.2) is 0 Å². The van der Waals surface area contributed by atoms with Crippen LogP contribution in [0.3, 0.4) is 0 Å². The number of unbranched alkanes of at least 4 members (excludes halogenated alkanes) is 3. The number of hydrogen-bond donors (Lipinski definition) is 1. The van der Waals surface area contributed by atoms with Gasteiger partial charge < -0.3 is 10.1 Å². The predicted molar refractivity (Wildman–Crippen MR) is 70.1 cm³/mol. The van der Waals surface area contributed by atoms with Gasteiger partial charge in [-0.1, -0.05) is 45.4 Å². The SMILES string of the molecule is CCCCCCNC(=O)OCC1CCCCC1. The lowest BCUT2D eigenvalue weighted by Gasteiger charge is -2.21. The summed E-state index contributed by atoms with van der Waals surface area (Å²) in [5.74, 6) is 0.606. The van der Waals surface area contributed by atoms with Crippen molar-refractivity contribution in [2.75, 3.05) is 13.2 Å². The van der Waals surface area contributed by atoms with E-state index in [-0.39, 0.29) is 6.09 Å². The molecule has 0 saturated heterocycles. The third-order valence-corrected chi connectivity index (χ3v) is 3.47. The minimum atomic E-state index is -0.230. The van der Waals surface area contributed by atoms with Crippen LogP contribution in [0.2, 0.25) is 0 Å². The van der Waals surface area contributed by atoms with Crippen molar-refractivity contribution >= 4 is 6.09 Å². The van der Waals surface area contributed by atoms with Crippen LogP contribution in [0.4, 0.5) is 4.79 Å². The third kappa shape index (κ3) is 7.24. The molecule has 1 N–H and O–H groups in total. The van der Waals surface area contributed by atoms with E-state index in [0.717, 1.165) is 13.0 Å². The maximum Gasteiger partial charge on any atom is 0.407 e. The molecule has 3 nitrogen and oxygen atoms in total. The molecule has 1 aliphatic carbocycles. The summed E-state index contributed by atoms with van der Waals surface area (Å²) in [4.78, 5) is 11.4. The van der Waals surface area contributed by atoms with Crippen molar-refractivity contribution in [1.82, 2.24) is 5.32 Å². The van der Waals surface area contributed by atoms with Crippen molar-refractivity contribution in [3.8, 4) is 0 Å². The molecule has 1 amide bonds. The average molecular weight is 241 g/mol. The van der Waals surface area contributed by atoms with Gasteiger partial charge in [0.2, 0.25) is 0 Å². The second kappa shape index (κ2) is 9.32. The highest BCUT2D eigenvalue weighted by Crippen LogP contribution is 2.23. The zero-order valence-electron chi connectivity index (χ0n) is 11.2. The number of alkyl carbamates (subject to hydrolysis) is 1. The highest BCUT2D eigenvalue weighted by atomic mass is 16.5. The van der Waals surface area contributed by atoms with Gasteiger partial charge in [-0.3, -0.25) is 0 Å². The lowest BCUT2D eigenvalue weighted by atomic mass is 9.90. The summed E-state index contributed by atoms with van der Waals surface area (Å²) in [6, 6.07) is 0. The average Bonchev–Trinajstić information content (AvgIpc) is 2.37. The molecule has 1 aliphatic rings. The molecule has 3 heteroatoms. The Bertz CT molecular complexity index is 200. The number of carbonyl (C=O) groups is 1. The van der Waals surface area contributed by atoms with Crippen molar-refractivity contribution in [2.45, 2.75) is 64.7 Å². The second-order valence-corrected chi connectivity index (χ2v) is 5.09. The van der Waals surface area contributed by atoms with Gasteiger partial charge >= 0.3 is 6.09 Å². The Balaban J connectivity index is 1.93. The Labute approximate surface area is 105 Å². The van der Waals surface area contributed by atoms with Crippen molar-refractivity contribution in [2.24, 2.45) is 5.92 Å². The molecule has 0 aromatic carbocycles.